The van der Waals surface area contributed by atoms with E-state index in [-0.39, 0.29) is 0 Å². The van der Waals surface area contributed by atoms with Crippen LogP contribution in [0, 0.1) is 11.8 Å². The van der Waals surface area contributed by atoms with E-state index in [1.165, 1.54) is 12.8 Å². The van der Waals surface area contributed by atoms with Crippen molar-refractivity contribution in [1.29, 1.82) is 0 Å². The van der Waals surface area contributed by atoms with Crippen LogP contribution in [0.15, 0.2) is 0 Å². The fourth-order valence-electron chi connectivity index (χ4n) is 0.971. The second-order valence-electron chi connectivity index (χ2n) is 2.92. The second-order valence-corrected chi connectivity index (χ2v) is 3.54. The van der Waals surface area contributed by atoms with Crippen LogP contribution in [0.2, 0.25) is 0 Å². The summed E-state index contributed by atoms with van der Waals surface area (Å²) >= 11 is 11.4. The summed E-state index contributed by atoms with van der Waals surface area (Å²) in [6.45, 7) is 4.34. The van der Waals surface area contributed by atoms with Gasteiger partial charge in [-0.3, -0.25) is 0 Å². The standard InChI is InChI=1S/C8H16Cl2/c1-3-8(6-10)4-7(2)5-9/h7-8H,3-6H2,1-2H3. The van der Waals surface area contributed by atoms with Crippen LogP contribution in [0.5, 0.6) is 0 Å². The zero-order valence-corrected chi connectivity index (χ0v) is 8.25. The Morgan fingerprint density at radius 1 is 1.20 bits per heavy atom. The van der Waals surface area contributed by atoms with Crippen molar-refractivity contribution in [2.24, 2.45) is 11.8 Å². The zero-order chi connectivity index (χ0) is 7.98. The van der Waals surface area contributed by atoms with Gasteiger partial charge in [-0.15, -0.1) is 23.2 Å². The summed E-state index contributed by atoms with van der Waals surface area (Å²) in [5.74, 6) is 2.81. The molecule has 0 nitrogen and oxygen atoms in total. The fraction of sp³-hybridized carbons (Fsp3) is 1.00. The van der Waals surface area contributed by atoms with Crippen molar-refractivity contribution in [1.82, 2.24) is 0 Å². The molecular formula is C8H16Cl2. The molecule has 0 saturated carbocycles. The monoisotopic (exact) mass is 182 g/mol. The Labute approximate surface area is 73.9 Å². The molecule has 0 aliphatic carbocycles. The molecule has 0 amide bonds. The quantitative estimate of drug-likeness (QED) is 0.572. The lowest BCUT2D eigenvalue weighted by Crippen LogP contribution is -2.07. The van der Waals surface area contributed by atoms with Crippen LogP contribution < -0.4 is 0 Å². The molecule has 0 aromatic heterocycles. The Morgan fingerprint density at radius 3 is 2.10 bits per heavy atom. The van der Waals surface area contributed by atoms with E-state index >= 15 is 0 Å². The minimum absolute atomic E-state index is 0.616. The van der Waals surface area contributed by atoms with Crippen LogP contribution in [0.1, 0.15) is 26.7 Å². The number of alkyl halides is 2. The predicted octanol–water partition coefficient (Wildman–Crippen LogP) is 3.52. The van der Waals surface area contributed by atoms with Crippen molar-refractivity contribution in [2.45, 2.75) is 26.7 Å². The van der Waals surface area contributed by atoms with E-state index in [9.17, 15) is 0 Å². The molecule has 0 saturated heterocycles. The van der Waals surface area contributed by atoms with Crippen molar-refractivity contribution in [3.8, 4) is 0 Å². The topological polar surface area (TPSA) is 0 Å². The number of hydrogen-bond donors (Lipinski definition) is 0. The summed E-state index contributed by atoms with van der Waals surface area (Å²) < 4.78 is 0. The van der Waals surface area contributed by atoms with Crippen LogP contribution in [0.3, 0.4) is 0 Å². The lowest BCUT2D eigenvalue weighted by atomic mass is 9.97. The first-order chi connectivity index (χ1) is 4.74. The summed E-state index contributed by atoms with van der Waals surface area (Å²) in [6, 6.07) is 0. The maximum absolute atomic E-state index is 5.73. The largest absolute Gasteiger partial charge is 0.126 e. The first-order valence-electron chi connectivity index (χ1n) is 3.86. The van der Waals surface area contributed by atoms with Gasteiger partial charge in [0.05, 0.1) is 0 Å². The van der Waals surface area contributed by atoms with Crippen molar-refractivity contribution < 1.29 is 0 Å². The van der Waals surface area contributed by atoms with E-state index < -0.39 is 0 Å². The number of rotatable bonds is 5. The van der Waals surface area contributed by atoms with E-state index in [4.69, 9.17) is 23.2 Å². The molecule has 2 unspecified atom stereocenters. The molecule has 0 aliphatic heterocycles. The average Bonchev–Trinajstić information content (AvgIpc) is 1.99. The maximum atomic E-state index is 5.73. The van der Waals surface area contributed by atoms with Gasteiger partial charge in [-0.05, 0) is 18.3 Å². The Kier molecular flexibility index (Phi) is 6.67. The summed E-state index contributed by atoms with van der Waals surface area (Å²) in [6.07, 6.45) is 2.34. The first kappa shape index (κ1) is 10.6. The molecule has 0 fully saturated rings. The smallest absolute Gasteiger partial charge is 0.0251 e. The van der Waals surface area contributed by atoms with Crippen LogP contribution in [-0.4, -0.2) is 11.8 Å². The molecule has 2 heteroatoms. The fourth-order valence-corrected chi connectivity index (χ4v) is 1.44. The highest BCUT2D eigenvalue weighted by Crippen LogP contribution is 2.17. The first-order valence-corrected chi connectivity index (χ1v) is 4.93. The molecule has 0 bridgehead atoms. The summed E-state index contributed by atoms with van der Waals surface area (Å²) in [7, 11) is 0. The molecule has 0 aromatic carbocycles. The number of hydrogen-bond acceptors (Lipinski definition) is 0. The molecule has 0 N–H and O–H groups in total. The summed E-state index contributed by atoms with van der Waals surface area (Å²) in [4.78, 5) is 0. The van der Waals surface area contributed by atoms with Crippen molar-refractivity contribution in [3.05, 3.63) is 0 Å². The molecule has 0 spiro atoms. The molecule has 2 atom stereocenters. The molecular weight excluding hydrogens is 167 g/mol. The van der Waals surface area contributed by atoms with Crippen LogP contribution in [0.25, 0.3) is 0 Å². The summed E-state index contributed by atoms with van der Waals surface area (Å²) in [5.41, 5.74) is 0. The highest BCUT2D eigenvalue weighted by molar-refractivity contribution is 6.18. The molecule has 0 rings (SSSR count). The SMILES string of the molecule is CCC(CCl)CC(C)CCl. The van der Waals surface area contributed by atoms with Crippen molar-refractivity contribution in [2.75, 3.05) is 11.8 Å². The van der Waals surface area contributed by atoms with Crippen LogP contribution >= 0.6 is 23.2 Å². The Hall–Kier alpha value is 0.580. The normalized spacial score (nSPS) is 16.8. The van der Waals surface area contributed by atoms with Crippen LogP contribution in [-0.2, 0) is 0 Å². The second kappa shape index (κ2) is 6.30. The third-order valence-corrected chi connectivity index (χ3v) is 2.76. The van der Waals surface area contributed by atoms with Gasteiger partial charge in [0.2, 0.25) is 0 Å². The summed E-state index contributed by atoms with van der Waals surface area (Å²) in [5, 5.41) is 0. The Balaban J connectivity index is 3.41. The molecule has 0 aliphatic rings. The predicted molar refractivity (Wildman–Crippen MR) is 49.0 cm³/mol. The van der Waals surface area contributed by atoms with Gasteiger partial charge in [-0.1, -0.05) is 20.3 Å². The zero-order valence-electron chi connectivity index (χ0n) is 6.74. The van der Waals surface area contributed by atoms with E-state index in [0.29, 0.717) is 11.8 Å². The van der Waals surface area contributed by atoms with E-state index in [0.717, 1.165) is 11.8 Å². The third-order valence-electron chi connectivity index (χ3n) is 1.79. The van der Waals surface area contributed by atoms with Gasteiger partial charge in [0, 0.05) is 11.8 Å². The average molecular weight is 183 g/mol. The molecule has 0 radical (unpaired) electrons. The molecule has 0 aromatic rings. The highest BCUT2D eigenvalue weighted by Gasteiger charge is 2.08. The van der Waals surface area contributed by atoms with Crippen LogP contribution in [0.4, 0.5) is 0 Å². The van der Waals surface area contributed by atoms with Gasteiger partial charge < -0.3 is 0 Å². The Morgan fingerprint density at radius 2 is 1.80 bits per heavy atom. The highest BCUT2D eigenvalue weighted by atomic mass is 35.5. The number of halogens is 2. The maximum Gasteiger partial charge on any atom is 0.0251 e. The lowest BCUT2D eigenvalue weighted by Gasteiger charge is -2.14. The molecule has 10 heavy (non-hydrogen) atoms. The van der Waals surface area contributed by atoms with Gasteiger partial charge in [-0.25, -0.2) is 0 Å². The minimum atomic E-state index is 0.616. The van der Waals surface area contributed by atoms with Crippen molar-refractivity contribution in [3.63, 3.8) is 0 Å². The van der Waals surface area contributed by atoms with E-state index in [1.54, 1.807) is 0 Å². The van der Waals surface area contributed by atoms with Gasteiger partial charge in [0.1, 0.15) is 0 Å². The van der Waals surface area contributed by atoms with E-state index in [2.05, 4.69) is 13.8 Å². The minimum Gasteiger partial charge on any atom is -0.126 e. The molecule has 62 valence electrons. The van der Waals surface area contributed by atoms with Gasteiger partial charge >= 0.3 is 0 Å². The van der Waals surface area contributed by atoms with Gasteiger partial charge in [0.25, 0.3) is 0 Å². The van der Waals surface area contributed by atoms with E-state index in [1.807, 2.05) is 0 Å². The van der Waals surface area contributed by atoms with Gasteiger partial charge in [0.15, 0.2) is 0 Å². The molecule has 0 heterocycles. The van der Waals surface area contributed by atoms with Gasteiger partial charge in [-0.2, -0.15) is 0 Å². The van der Waals surface area contributed by atoms with Crippen molar-refractivity contribution >= 4 is 23.2 Å². The Bertz CT molecular complexity index is 69.7. The third kappa shape index (κ3) is 4.40. The lowest BCUT2D eigenvalue weighted by molar-refractivity contribution is 0.436.